The molecule has 1 aliphatic heterocycles. The van der Waals surface area contributed by atoms with Gasteiger partial charge in [0, 0.05) is 29.6 Å². The lowest BCUT2D eigenvalue weighted by molar-refractivity contribution is 0.0920. The van der Waals surface area contributed by atoms with Crippen LogP contribution in [0.5, 0.6) is 5.75 Å². The maximum atomic E-state index is 15.4. The van der Waals surface area contributed by atoms with Crippen molar-refractivity contribution in [3.8, 4) is 22.6 Å². The first kappa shape index (κ1) is 22.9. The number of rotatable bonds is 5. The normalized spacial score (nSPS) is 15.6. The highest BCUT2D eigenvalue weighted by molar-refractivity contribution is 7.90. The van der Waals surface area contributed by atoms with E-state index in [1.54, 1.807) is 54.4 Å². The number of aromatic nitrogens is 2. The number of sulfone groups is 1. The van der Waals surface area contributed by atoms with E-state index in [1.165, 1.54) is 18.2 Å². The number of hydrogen-bond donors (Lipinski definition) is 1. The third-order valence-electron chi connectivity index (χ3n) is 6.07. The molecule has 0 saturated heterocycles. The molecule has 0 saturated carbocycles. The number of halogens is 1. The minimum atomic E-state index is -3.50. The molecule has 1 aromatic heterocycles. The standard InChI is InChI=1S/C26H22FN3O4S/c1-34-18-10-8-17(9-11-18)30-15-29-22-14-28-24(26(31)25(22)30)20-12-7-16(13-21(20)27)19-5-3-4-6-23(19)35(2,32)33/h3-13,15,24,28H,14H2,1-2H3. The molecule has 1 N–H and O–H groups in total. The van der Waals surface area contributed by atoms with Gasteiger partial charge in [-0.15, -0.1) is 0 Å². The van der Waals surface area contributed by atoms with Crippen molar-refractivity contribution in [2.24, 2.45) is 0 Å². The van der Waals surface area contributed by atoms with Gasteiger partial charge in [0.2, 0.25) is 5.78 Å². The van der Waals surface area contributed by atoms with Crippen molar-refractivity contribution in [3.63, 3.8) is 0 Å². The van der Waals surface area contributed by atoms with Crippen molar-refractivity contribution in [3.05, 3.63) is 95.8 Å². The molecule has 0 radical (unpaired) electrons. The highest BCUT2D eigenvalue weighted by Gasteiger charge is 2.34. The monoisotopic (exact) mass is 491 g/mol. The second kappa shape index (κ2) is 8.75. The van der Waals surface area contributed by atoms with Gasteiger partial charge in [-0.25, -0.2) is 17.8 Å². The molecule has 1 unspecified atom stereocenters. The van der Waals surface area contributed by atoms with Gasteiger partial charge in [-0.3, -0.25) is 14.7 Å². The van der Waals surface area contributed by atoms with Gasteiger partial charge in [-0.05, 0) is 42.0 Å². The number of benzene rings is 3. The van der Waals surface area contributed by atoms with E-state index in [1.807, 2.05) is 12.1 Å². The van der Waals surface area contributed by atoms with Gasteiger partial charge in [0.05, 0.1) is 17.7 Å². The van der Waals surface area contributed by atoms with Crippen LogP contribution in [0.1, 0.15) is 27.8 Å². The van der Waals surface area contributed by atoms with E-state index in [9.17, 15) is 13.2 Å². The zero-order valence-electron chi connectivity index (χ0n) is 19.0. The number of methoxy groups -OCH3 is 1. The van der Waals surface area contributed by atoms with Crippen molar-refractivity contribution in [1.82, 2.24) is 14.9 Å². The molecule has 2 heterocycles. The zero-order chi connectivity index (χ0) is 24.7. The summed E-state index contributed by atoms with van der Waals surface area (Å²) in [4.78, 5) is 18.0. The second-order valence-electron chi connectivity index (χ2n) is 8.29. The fraction of sp³-hybridized carbons (Fsp3) is 0.154. The smallest absolute Gasteiger partial charge is 0.203 e. The van der Waals surface area contributed by atoms with Gasteiger partial charge in [-0.2, -0.15) is 0 Å². The van der Waals surface area contributed by atoms with Crippen molar-refractivity contribution in [1.29, 1.82) is 0 Å². The highest BCUT2D eigenvalue weighted by atomic mass is 32.2. The molecule has 3 aromatic carbocycles. The van der Waals surface area contributed by atoms with E-state index in [0.29, 0.717) is 34.8 Å². The summed E-state index contributed by atoms with van der Waals surface area (Å²) in [6.45, 7) is 0.299. The molecule has 0 fully saturated rings. The topological polar surface area (TPSA) is 90.3 Å². The molecular formula is C26H22FN3O4S. The minimum Gasteiger partial charge on any atom is -0.497 e. The lowest BCUT2D eigenvalue weighted by atomic mass is 9.93. The van der Waals surface area contributed by atoms with E-state index in [4.69, 9.17) is 4.74 Å². The molecule has 7 nitrogen and oxygen atoms in total. The minimum absolute atomic E-state index is 0.118. The van der Waals surface area contributed by atoms with Crippen LogP contribution in [0.3, 0.4) is 0 Å². The number of ketones is 1. The van der Waals surface area contributed by atoms with E-state index < -0.39 is 21.7 Å². The summed E-state index contributed by atoms with van der Waals surface area (Å²) in [7, 11) is -1.93. The summed E-state index contributed by atoms with van der Waals surface area (Å²) < 4.78 is 46.6. The fourth-order valence-corrected chi connectivity index (χ4v) is 5.26. The Labute approximate surface area is 202 Å². The van der Waals surface area contributed by atoms with Crippen LogP contribution in [0.2, 0.25) is 0 Å². The van der Waals surface area contributed by atoms with Crippen molar-refractivity contribution >= 4 is 15.6 Å². The van der Waals surface area contributed by atoms with Gasteiger partial charge in [-0.1, -0.05) is 30.3 Å². The van der Waals surface area contributed by atoms with Crippen LogP contribution in [0.25, 0.3) is 16.8 Å². The summed E-state index contributed by atoms with van der Waals surface area (Å²) in [5, 5.41) is 3.08. The van der Waals surface area contributed by atoms with Crippen LogP contribution >= 0.6 is 0 Å². The largest absolute Gasteiger partial charge is 0.497 e. The van der Waals surface area contributed by atoms with E-state index >= 15 is 4.39 Å². The molecule has 4 aromatic rings. The molecule has 9 heteroatoms. The molecule has 1 atom stereocenters. The number of fused-ring (bicyclic) bond motifs is 1. The van der Waals surface area contributed by atoms with Crippen LogP contribution in [-0.4, -0.2) is 37.1 Å². The van der Waals surface area contributed by atoms with E-state index in [2.05, 4.69) is 10.3 Å². The Hall–Kier alpha value is -3.82. The molecular weight excluding hydrogens is 469 g/mol. The Kier molecular flexibility index (Phi) is 5.74. The number of nitrogens with zero attached hydrogens (tertiary/aromatic N) is 2. The van der Waals surface area contributed by atoms with Crippen LogP contribution in [-0.2, 0) is 16.4 Å². The average Bonchev–Trinajstić information content (AvgIpc) is 3.29. The molecule has 0 spiro atoms. The second-order valence-corrected chi connectivity index (χ2v) is 10.3. The summed E-state index contributed by atoms with van der Waals surface area (Å²) in [6, 6.07) is 17.2. The molecule has 5 rings (SSSR count). The number of Topliss-reactive ketones (excluding diaryl/α,β-unsaturated/α-hetero) is 1. The summed E-state index contributed by atoms with van der Waals surface area (Å²) in [6.07, 6.45) is 2.70. The predicted octanol–water partition coefficient (Wildman–Crippen LogP) is 4.12. The first-order valence-corrected chi connectivity index (χ1v) is 12.7. The maximum Gasteiger partial charge on any atom is 0.203 e. The van der Waals surface area contributed by atoms with Gasteiger partial charge in [0.25, 0.3) is 0 Å². The summed E-state index contributed by atoms with van der Waals surface area (Å²) in [5.74, 6) is -0.216. The van der Waals surface area contributed by atoms with Gasteiger partial charge in [0.1, 0.15) is 29.6 Å². The molecule has 178 valence electrons. The van der Waals surface area contributed by atoms with Crippen LogP contribution in [0.15, 0.2) is 78.0 Å². The van der Waals surface area contributed by atoms with E-state index in [0.717, 1.165) is 11.9 Å². The van der Waals surface area contributed by atoms with Crippen LogP contribution < -0.4 is 10.1 Å². The SMILES string of the molecule is COc1ccc(-n2cnc3c2C(=O)C(c2ccc(-c4ccccc4S(C)(=O)=O)cc2F)NC3)cc1. The van der Waals surface area contributed by atoms with Gasteiger partial charge < -0.3 is 4.74 Å². The molecule has 0 amide bonds. The van der Waals surface area contributed by atoms with Crippen molar-refractivity contribution in [2.45, 2.75) is 17.5 Å². The van der Waals surface area contributed by atoms with Gasteiger partial charge in [0.15, 0.2) is 9.84 Å². The Morgan fingerprint density at radius 3 is 2.51 bits per heavy atom. The Morgan fingerprint density at radius 2 is 1.83 bits per heavy atom. The third kappa shape index (κ3) is 4.13. The molecule has 0 bridgehead atoms. The third-order valence-corrected chi connectivity index (χ3v) is 7.23. The first-order valence-electron chi connectivity index (χ1n) is 10.8. The van der Waals surface area contributed by atoms with Gasteiger partial charge >= 0.3 is 0 Å². The molecule has 0 aliphatic carbocycles. The summed E-state index contributed by atoms with van der Waals surface area (Å²) >= 11 is 0. The number of hydrogen-bond acceptors (Lipinski definition) is 6. The maximum absolute atomic E-state index is 15.4. The Morgan fingerprint density at radius 1 is 1.09 bits per heavy atom. The number of ether oxygens (including phenoxy) is 1. The van der Waals surface area contributed by atoms with Crippen molar-refractivity contribution < 1.29 is 22.3 Å². The predicted molar refractivity (Wildman–Crippen MR) is 129 cm³/mol. The average molecular weight is 492 g/mol. The number of imidazole rings is 1. The number of nitrogens with one attached hydrogen (secondary N) is 1. The fourth-order valence-electron chi connectivity index (χ4n) is 4.35. The highest BCUT2D eigenvalue weighted by Crippen LogP contribution is 2.33. The van der Waals surface area contributed by atoms with Crippen LogP contribution in [0, 0.1) is 5.82 Å². The Balaban J connectivity index is 1.51. The molecule has 35 heavy (non-hydrogen) atoms. The first-order chi connectivity index (χ1) is 16.8. The summed E-state index contributed by atoms with van der Waals surface area (Å²) in [5.41, 5.74) is 2.72. The number of carbonyl (C=O) groups excluding carboxylic acids is 1. The lowest BCUT2D eigenvalue weighted by Crippen LogP contribution is -2.36. The zero-order valence-corrected chi connectivity index (χ0v) is 19.8. The quantitative estimate of drug-likeness (QED) is 0.452. The number of carbonyl (C=O) groups is 1. The van der Waals surface area contributed by atoms with Crippen LogP contribution in [0.4, 0.5) is 4.39 Å². The van der Waals surface area contributed by atoms with E-state index in [-0.39, 0.29) is 16.2 Å². The Bertz CT molecular complexity index is 1550. The van der Waals surface area contributed by atoms with Crippen molar-refractivity contribution in [2.75, 3.05) is 13.4 Å². The molecule has 1 aliphatic rings. The lowest BCUT2D eigenvalue weighted by Gasteiger charge is -2.24.